The van der Waals surface area contributed by atoms with E-state index in [-0.39, 0.29) is 12.5 Å². The van der Waals surface area contributed by atoms with Gasteiger partial charge >= 0.3 is 5.97 Å². The zero-order valence-electron chi connectivity index (χ0n) is 9.13. The summed E-state index contributed by atoms with van der Waals surface area (Å²) in [6.45, 7) is -0.142. The van der Waals surface area contributed by atoms with Crippen LogP contribution in [0.5, 0.6) is 0 Å². The molecule has 96 valence electrons. The second kappa shape index (κ2) is 4.55. The molecule has 2 heterocycles. The van der Waals surface area contributed by atoms with Crippen molar-refractivity contribution in [3.8, 4) is 0 Å². The molecule has 0 saturated heterocycles. The van der Waals surface area contributed by atoms with E-state index >= 15 is 0 Å². The molecule has 0 spiro atoms. The minimum absolute atomic E-state index is 0.0684. The number of aliphatic carboxylic acids is 1. The fourth-order valence-corrected chi connectivity index (χ4v) is 1.48. The fourth-order valence-electron chi connectivity index (χ4n) is 1.48. The largest absolute Gasteiger partial charge is 0.479 e. The van der Waals surface area contributed by atoms with E-state index < -0.39 is 18.2 Å². The molecule has 9 nitrogen and oxygen atoms in total. The van der Waals surface area contributed by atoms with Crippen molar-refractivity contribution in [3.63, 3.8) is 0 Å². The van der Waals surface area contributed by atoms with Crippen LogP contribution in [0, 0.1) is 0 Å². The topological polar surface area (TPSA) is 147 Å². The lowest BCUT2D eigenvalue weighted by atomic mass is 10.2. The lowest BCUT2D eigenvalue weighted by Crippen LogP contribution is -2.36. The molecule has 2 aromatic heterocycles. The summed E-state index contributed by atoms with van der Waals surface area (Å²) >= 11 is 0. The van der Waals surface area contributed by atoms with Gasteiger partial charge in [-0.1, -0.05) is 0 Å². The predicted molar refractivity (Wildman–Crippen MR) is 59.4 cm³/mol. The monoisotopic (exact) mass is 253 g/mol. The third-order valence-electron chi connectivity index (χ3n) is 2.40. The second-order valence-corrected chi connectivity index (χ2v) is 3.68. The summed E-state index contributed by atoms with van der Waals surface area (Å²) in [6.07, 6.45) is -0.559. The molecule has 0 saturated carbocycles. The van der Waals surface area contributed by atoms with Crippen LogP contribution in [0.15, 0.2) is 12.5 Å². The Bertz CT molecular complexity index is 583. The van der Waals surface area contributed by atoms with Crippen molar-refractivity contribution in [1.29, 1.82) is 0 Å². The second-order valence-electron chi connectivity index (χ2n) is 3.68. The lowest BCUT2D eigenvalue weighted by molar-refractivity contribution is -0.153. The molecule has 0 aliphatic heterocycles. The first kappa shape index (κ1) is 12.2. The number of carboxylic acids is 1. The normalized spacial score (nSPS) is 14.6. The Morgan fingerprint density at radius 1 is 1.44 bits per heavy atom. The third-order valence-corrected chi connectivity index (χ3v) is 2.40. The van der Waals surface area contributed by atoms with Crippen LogP contribution in [0.2, 0.25) is 0 Å². The average Bonchev–Trinajstić information content (AvgIpc) is 2.70. The minimum Gasteiger partial charge on any atom is -0.479 e. The number of nitrogens with two attached hydrogens (primary N) is 1. The van der Waals surface area contributed by atoms with Gasteiger partial charge in [-0.05, 0) is 0 Å². The van der Waals surface area contributed by atoms with Gasteiger partial charge in [-0.2, -0.15) is 4.98 Å². The van der Waals surface area contributed by atoms with E-state index in [0.29, 0.717) is 11.2 Å². The number of fused-ring (bicyclic) bond motifs is 1. The number of rotatable bonds is 4. The number of hydrogen-bond acceptors (Lipinski definition) is 7. The SMILES string of the molecule is Nc1ncc2c(ncn2CC(O)C(O)C(=O)O)n1. The summed E-state index contributed by atoms with van der Waals surface area (Å²) in [5, 5.41) is 27.3. The van der Waals surface area contributed by atoms with Gasteiger partial charge in [0.1, 0.15) is 11.6 Å². The predicted octanol–water partition coefficient (Wildman–Crippen LogP) is -1.79. The van der Waals surface area contributed by atoms with Crippen LogP contribution in [-0.2, 0) is 11.3 Å². The third kappa shape index (κ3) is 2.21. The number of hydrogen-bond donors (Lipinski definition) is 4. The van der Waals surface area contributed by atoms with Crippen molar-refractivity contribution in [3.05, 3.63) is 12.5 Å². The summed E-state index contributed by atoms with van der Waals surface area (Å²) in [5.41, 5.74) is 6.20. The highest BCUT2D eigenvalue weighted by Gasteiger charge is 2.24. The first-order chi connectivity index (χ1) is 8.49. The van der Waals surface area contributed by atoms with Gasteiger partial charge in [0.15, 0.2) is 11.8 Å². The first-order valence-corrected chi connectivity index (χ1v) is 5.01. The van der Waals surface area contributed by atoms with E-state index in [9.17, 15) is 15.0 Å². The maximum atomic E-state index is 10.5. The van der Waals surface area contributed by atoms with Gasteiger partial charge in [0.2, 0.25) is 5.95 Å². The van der Waals surface area contributed by atoms with Crippen molar-refractivity contribution < 1.29 is 20.1 Å². The van der Waals surface area contributed by atoms with Gasteiger partial charge in [0.25, 0.3) is 0 Å². The van der Waals surface area contributed by atoms with Crippen molar-refractivity contribution in [1.82, 2.24) is 19.5 Å². The lowest BCUT2D eigenvalue weighted by Gasteiger charge is -2.14. The van der Waals surface area contributed by atoms with Gasteiger partial charge in [0, 0.05) is 0 Å². The van der Waals surface area contributed by atoms with Gasteiger partial charge in [0.05, 0.1) is 19.1 Å². The van der Waals surface area contributed by atoms with Gasteiger partial charge in [-0.3, -0.25) is 0 Å². The van der Waals surface area contributed by atoms with Crippen LogP contribution in [-0.4, -0.2) is 53.0 Å². The molecule has 2 atom stereocenters. The van der Waals surface area contributed by atoms with E-state index in [1.165, 1.54) is 17.1 Å². The number of carboxylic acid groups (broad SMARTS) is 1. The molecule has 0 fully saturated rings. The van der Waals surface area contributed by atoms with Crippen LogP contribution in [0.3, 0.4) is 0 Å². The van der Waals surface area contributed by atoms with Crippen LogP contribution in [0.1, 0.15) is 0 Å². The number of aliphatic hydroxyl groups is 2. The van der Waals surface area contributed by atoms with Crippen LogP contribution >= 0.6 is 0 Å². The molecule has 0 aliphatic rings. The highest BCUT2D eigenvalue weighted by Crippen LogP contribution is 2.11. The molecular weight excluding hydrogens is 242 g/mol. The Balaban J connectivity index is 2.24. The number of carbonyl (C=O) groups is 1. The summed E-state index contributed by atoms with van der Waals surface area (Å²) < 4.78 is 1.44. The van der Waals surface area contributed by atoms with Gasteiger partial charge in [-0.15, -0.1) is 0 Å². The van der Waals surface area contributed by atoms with Crippen molar-refractivity contribution in [2.45, 2.75) is 18.8 Å². The number of anilines is 1. The molecule has 2 rings (SSSR count). The van der Waals surface area contributed by atoms with Crippen molar-refractivity contribution >= 4 is 23.1 Å². The Labute approximate surface area is 101 Å². The van der Waals surface area contributed by atoms with Gasteiger partial charge < -0.3 is 25.6 Å². The van der Waals surface area contributed by atoms with Crippen LogP contribution in [0.25, 0.3) is 11.2 Å². The number of aromatic nitrogens is 4. The first-order valence-electron chi connectivity index (χ1n) is 5.01. The summed E-state index contributed by atoms with van der Waals surface area (Å²) in [5.74, 6) is -1.42. The zero-order valence-corrected chi connectivity index (χ0v) is 9.13. The van der Waals surface area contributed by atoms with Crippen molar-refractivity contribution in [2.75, 3.05) is 5.73 Å². The van der Waals surface area contributed by atoms with E-state index in [4.69, 9.17) is 10.8 Å². The number of nitrogens with zero attached hydrogens (tertiary/aromatic N) is 4. The summed E-state index contributed by atoms with van der Waals surface area (Å²) in [4.78, 5) is 22.1. The Morgan fingerprint density at radius 3 is 2.83 bits per heavy atom. The van der Waals surface area contributed by atoms with Crippen molar-refractivity contribution in [2.24, 2.45) is 0 Å². The summed E-state index contributed by atoms with van der Waals surface area (Å²) in [6, 6.07) is 0. The smallest absolute Gasteiger partial charge is 0.335 e. The van der Waals surface area contributed by atoms with E-state index in [2.05, 4.69) is 15.0 Å². The average molecular weight is 253 g/mol. The molecule has 0 aliphatic carbocycles. The number of aliphatic hydroxyl groups excluding tert-OH is 2. The Kier molecular flexibility index (Phi) is 3.08. The van der Waals surface area contributed by atoms with E-state index in [1.54, 1.807) is 0 Å². The molecule has 0 aromatic carbocycles. The molecule has 0 bridgehead atoms. The maximum Gasteiger partial charge on any atom is 0.335 e. The molecule has 2 aromatic rings. The molecule has 5 N–H and O–H groups in total. The van der Waals surface area contributed by atoms with E-state index in [1.807, 2.05) is 0 Å². The highest BCUT2D eigenvalue weighted by atomic mass is 16.4. The van der Waals surface area contributed by atoms with Crippen LogP contribution in [0.4, 0.5) is 5.95 Å². The number of imidazole rings is 1. The Morgan fingerprint density at radius 2 is 2.17 bits per heavy atom. The molecule has 18 heavy (non-hydrogen) atoms. The maximum absolute atomic E-state index is 10.5. The van der Waals surface area contributed by atoms with Crippen LogP contribution < -0.4 is 5.73 Å². The highest BCUT2D eigenvalue weighted by molar-refractivity contribution is 5.73. The number of nitrogen functional groups attached to an aromatic ring is 1. The molecule has 0 radical (unpaired) electrons. The molecular formula is C9H11N5O4. The molecule has 0 amide bonds. The molecule has 2 unspecified atom stereocenters. The summed E-state index contributed by atoms with van der Waals surface area (Å²) in [7, 11) is 0. The van der Waals surface area contributed by atoms with E-state index in [0.717, 1.165) is 0 Å². The van der Waals surface area contributed by atoms with Gasteiger partial charge in [-0.25, -0.2) is 14.8 Å². The minimum atomic E-state index is -1.86. The molecule has 9 heteroatoms. The Hall–Kier alpha value is -2.26. The fraction of sp³-hybridized carbons (Fsp3) is 0.333. The standard InChI is InChI=1S/C9H11N5O4/c10-9-11-1-4-7(13-9)12-3-14(4)2-5(15)6(16)8(17)18/h1,3,5-6,15-16H,2H2,(H,17,18)(H2,10,11,13). The zero-order chi connectivity index (χ0) is 13.3. The quantitative estimate of drug-likeness (QED) is 0.499.